The molecule has 0 radical (unpaired) electrons. The van der Waals surface area contributed by atoms with Crippen LogP contribution in [0, 0.1) is 6.92 Å². The van der Waals surface area contributed by atoms with E-state index in [-0.39, 0.29) is 17.1 Å². The van der Waals surface area contributed by atoms with Crippen molar-refractivity contribution in [1.82, 2.24) is 0 Å². The first-order valence-corrected chi connectivity index (χ1v) is 9.32. The Kier molecular flexibility index (Phi) is 5.18. The van der Waals surface area contributed by atoms with Gasteiger partial charge < -0.3 is 4.74 Å². The normalized spacial score (nSPS) is 14.6. The number of hydrogen-bond acceptors (Lipinski definition) is 4. The number of amides is 2. The third-order valence-electron chi connectivity index (χ3n) is 4.13. The second-order valence-corrected chi connectivity index (χ2v) is 7.89. The van der Waals surface area contributed by atoms with E-state index in [1.165, 1.54) is 16.7 Å². The minimum absolute atomic E-state index is 0.170. The van der Waals surface area contributed by atoms with Gasteiger partial charge in [-0.15, -0.1) is 11.8 Å². The molecule has 0 saturated heterocycles. The molecule has 5 heteroatoms. The summed E-state index contributed by atoms with van der Waals surface area (Å²) in [6.07, 6.45) is 0. The summed E-state index contributed by atoms with van der Waals surface area (Å²) in [5, 5.41) is 0.170. The molecule has 4 nitrogen and oxygen atoms in total. The number of ether oxygens (including phenoxy) is 1. The van der Waals surface area contributed by atoms with Gasteiger partial charge in [-0.3, -0.25) is 9.59 Å². The number of rotatable bonds is 5. The van der Waals surface area contributed by atoms with E-state index in [1.54, 1.807) is 19.2 Å². The summed E-state index contributed by atoms with van der Waals surface area (Å²) in [5.74, 6) is -0.00186. The van der Waals surface area contributed by atoms with Crippen molar-refractivity contribution in [2.75, 3.05) is 12.0 Å². The molecule has 2 aromatic rings. The van der Waals surface area contributed by atoms with Crippen LogP contribution < -0.4 is 9.64 Å². The number of hydrogen-bond donors (Lipinski definition) is 0. The molecule has 1 aliphatic rings. The summed E-state index contributed by atoms with van der Waals surface area (Å²) in [4.78, 5) is 28.2. The van der Waals surface area contributed by atoms with E-state index in [4.69, 9.17) is 4.74 Å². The number of para-hydroxylation sites is 2. The highest BCUT2D eigenvalue weighted by atomic mass is 32.2. The Balaban J connectivity index is 2.18. The Morgan fingerprint density at radius 1 is 0.962 bits per heavy atom. The highest BCUT2D eigenvalue weighted by Gasteiger charge is 2.41. The Hall–Kier alpha value is -2.53. The zero-order valence-electron chi connectivity index (χ0n) is 15.3. The fraction of sp³-hybridized carbons (Fsp3) is 0.238. The quantitative estimate of drug-likeness (QED) is 0.734. The fourth-order valence-corrected chi connectivity index (χ4v) is 3.96. The average Bonchev–Trinajstić information content (AvgIpc) is 2.85. The van der Waals surface area contributed by atoms with Gasteiger partial charge in [0.05, 0.1) is 23.3 Å². The van der Waals surface area contributed by atoms with Crippen molar-refractivity contribution in [3.8, 4) is 5.75 Å². The summed E-state index contributed by atoms with van der Waals surface area (Å²) in [7, 11) is 1.56. The topological polar surface area (TPSA) is 46.6 Å². The minimum Gasteiger partial charge on any atom is -0.496 e. The number of thioether (sulfide) groups is 1. The Bertz CT molecular complexity index is 902. The number of carbonyl (C=O) groups is 2. The standard InChI is InChI=1S/C21H21NO3S/c1-13(2)26-19-18(15-10-6-8-12-17(15)25-4)20(23)22(21(19)24)16-11-7-5-9-14(16)3/h5-13H,1-4H3. The van der Waals surface area contributed by atoms with E-state index in [2.05, 4.69) is 0 Å². The summed E-state index contributed by atoms with van der Waals surface area (Å²) < 4.78 is 5.43. The molecule has 1 aliphatic heterocycles. The van der Waals surface area contributed by atoms with Gasteiger partial charge in [-0.1, -0.05) is 50.2 Å². The largest absolute Gasteiger partial charge is 0.496 e. The van der Waals surface area contributed by atoms with Crippen molar-refractivity contribution in [1.29, 1.82) is 0 Å². The average molecular weight is 367 g/mol. The predicted octanol–water partition coefficient (Wildman–Crippen LogP) is 4.43. The van der Waals surface area contributed by atoms with Crippen LogP contribution in [0.2, 0.25) is 0 Å². The minimum atomic E-state index is -0.308. The number of anilines is 1. The van der Waals surface area contributed by atoms with Crippen LogP contribution in [-0.4, -0.2) is 24.2 Å². The first-order valence-electron chi connectivity index (χ1n) is 8.44. The lowest BCUT2D eigenvalue weighted by Gasteiger charge is -2.18. The van der Waals surface area contributed by atoms with Crippen molar-refractivity contribution >= 4 is 34.8 Å². The number of imide groups is 1. The Labute approximate surface area is 157 Å². The van der Waals surface area contributed by atoms with Crippen LogP contribution in [0.25, 0.3) is 5.57 Å². The third-order valence-corrected chi connectivity index (χ3v) is 5.21. The molecule has 1 heterocycles. The molecule has 0 aliphatic carbocycles. The van der Waals surface area contributed by atoms with Crippen LogP contribution in [0.1, 0.15) is 25.0 Å². The maximum Gasteiger partial charge on any atom is 0.272 e. The monoisotopic (exact) mass is 367 g/mol. The third kappa shape index (κ3) is 3.15. The molecular formula is C21H21NO3S. The van der Waals surface area contributed by atoms with Gasteiger partial charge in [0.2, 0.25) is 0 Å². The van der Waals surface area contributed by atoms with E-state index in [0.717, 1.165) is 5.56 Å². The molecule has 0 N–H and O–H groups in total. The molecule has 0 spiro atoms. The molecule has 0 unspecified atom stereocenters. The van der Waals surface area contributed by atoms with Gasteiger partial charge in [0.1, 0.15) is 5.75 Å². The molecule has 2 amide bonds. The SMILES string of the molecule is COc1ccccc1C1=C(SC(C)C)C(=O)N(c2ccccc2C)C1=O. The van der Waals surface area contributed by atoms with Gasteiger partial charge in [-0.25, -0.2) is 4.90 Å². The van der Waals surface area contributed by atoms with Crippen LogP contribution in [0.5, 0.6) is 5.75 Å². The number of methoxy groups -OCH3 is 1. The smallest absolute Gasteiger partial charge is 0.272 e. The summed E-state index contributed by atoms with van der Waals surface area (Å²) in [6.45, 7) is 5.91. The van der Waals surface area contributed by atoms with Crippen LogP contribution >= 0.6 is 11.8 Å². The zero-order chi connectivity index (χ0) is 18.8. The van der Waals surface area contributed by atoms with Gasteiger partial charge in [-0.05, 0) is 24.6 Å². The summed E-state index contributed by atoms with van der Waals surface area (Å²) in [5.41, 5.74) is 2.56. The van der Waals surface area contributed by atoms with Crippen LogP contribution in [0.3, 0.4) is 0 Å². The van der Waals surface area contributed by atoms with Crippen molar-refractivity contribution in [2.45, 2.75) is 26.0 Å². The number of carbonyl (C=O) groups excluding carboxylic acids is 2. The Morgan fingerprint density at radius 2 is 1.62 bits per heavy atom. The fourth-order valence-electron chi connectivity index (χ4n) is 2.98. The predicted molar refractivity (Wildman–Crippen MR) is 106 cm³/mol. The highest BCUT2D eigenvalue weighted by Crippen LogP contribution is 2.42. The van der Waals surface area contributed by atoms with Crippen LogP contribution in [-0.2, 0) is 9.59 Å². The molecule has 0 fully saturated rings. The first kappa shape index (κ1) is 18.3. The van der Waals surface area contributed by atoms with Crippen molar-refractivity contribution in [3.05, 3.63) is 64.6 Å². The zero-order valence-corrected chi connectivity index (χ0v) is 16.1. The molecule has 0 atom stereocenters. The second kappa shape index (κ2) is 7.38. The second-order valence-electron chi connectivity index (χ2n) is 6.30. The van der Waals surface area contributed by atoms with E-state index in [9.17, 15) is 9.59 Å². The van der Waals surface area contributed by atoms with Gasteiger partial charge in [-0.2, -0.15) is 0 Å². The van der Waals surface area contributed by atoms with E-state index in [1.807, 2.05) is 57.2 Å². The summed E-state index contributed by atoms with van der Waals surface area (Å²) >= 11 is 1.41. The van der Waals surface area contributed by atoms with Crippen molar-refractivity contribution < 1.29 is 14.3 Å². The maximum absolute atomic E-state index is 13.3. The molecule has 0 aromatic heterocycles. The van der Waals surface area contributed by atoms with E-state index in [0.29, 0.717) is 27.5 Å². The highest BCUT2D eigenvalue weighted by molar-refractivity contribution is 8.04. The van der Waals surface area contributed by atoms with Gasteiger partial charge in [0.15, 0.2) is 0 Å². The molecule has 3 rings (SSSR count). The van der Waals surface area contributed by atoms with Gasteiger partial charge >= 0.3 is 0 Å². The van der Waals surface area contributed by atoms with Crippen LogP contribution in [0.4, 0.5) is 5.69 Å². The molecule has 0 bridgehead atoms. The first-order chi connectivity index (χ1) is 12.5. The molecular weight excluding hydrogens is 346 g/mol. The van der Waals surface area contributed by atoms with E-state index >= 15 is 0 Å². The molecule has 2 aromatic carbocycles. The lowest BCUT2D eigenvalue weighted by Crippen LogP contribution is -2.32. The summed E-state index contributed by atoms with van der Waals surface area (Å²) in [6, 6.07) is 14.7. The van der Waals surface area contributed by atoms with Crippen molar-refractivity contribution in [2.24, 2.45) is 0 Å². The molecule has 26 heavy (non-hydrogen) atoms. The maximum atomic E-state index is 13.3. The Morgan fingerprint density at radius 3 is 2.27 bits per heavy atom. The number of benzene rings is 2. The lowest BCUT2D eigenvalue weighted by atomic mass is 10.0. The lowest BCUT2D eigenvalue weighted by molar-refractivity contribution is -0.119. The van der Waals surface area contributed by atoms with E-state index < -0.39 is 0 Å². The van der Waals surface area contributed by atoms with Gasteiger partial charge in [0, 0.05) is 10.8 Å². The number of nitrogens with zero attached hydrogens (tertiary/aromatic N) is 1. The van der Waals surface area contributed by atoms with Crippen LogP contribution in [0.15, 0.2) is 53.4 Å². The number of aryl methyl sites for hydroxylation is 1. The van der Waals surface area contributed by atoms with Crippen molar-refractivity contribution in [3.63, 3.8) is 0 Å². The molecule has 0 saturated carbocycles. The molecule has 134 valence electrons. The van der Waals surface area contributed by atoms with Gasteiger partial charge in [0.25, 0.3) is 11.8 Å².